The Balaban J connectivity index is 0.00000161. The van der Waals surface area contributed by atoms with E-state index in [9.17, 15) is 9.90 Å². The third-order valence-corrected chi connectivity index (χ3v) is 4.56. The van der Waals surface area contributed by atoms with Crippen molar-refractivity contribution in [2.45, 2.75) is 24.8 Å². The van der Waals surface area contributed by atoms with E-state index in [1.807, 2.05) is 24.3 Å². The number of hydrogen-bond donors (Lipinski definition) is 2. The largest absolute Gasteiger partial charge is 0.481 e. The molecule has 2 aliphatic rings. The molecule has 21 heavy (non-hydrogen) atoms. The normalized spacial score (nSPS) is 25.8. The maximum atomic E-state index is 11.4. The number of nitrogens with zero attached hydrogens (tertiary/aromatic N) is 1. The number of carbonyl (C=O) groups is 1. The van der Waals surface area contributed by atoms with Gasteiger partial charge < -0.3 is 14.8 Å². The van der Waals surface area contributed by atoms with Gasteiger partial charge in [-0.1, -0.05) is 18.2 Å². The van der Waals surface area contributed by atoms with Gasteiger partial charge in [-0.3, -0.25) is 4.79 Å². The fraction of sp³-hybridized carbons (Fsp3) is 0.533. The molecule has 0 radical (unpaired) electrons. The van der Waals surface area contributed by atoms with Gasteiger partial charge in [-0.15, -0.1) is 22.5 Å². The molecule has 0 aromatic heterocycles. The maximum absolute atomic E-state index is 11.4. The highest BCUT2D eigenvalue weighted by molar-refractivity contribution is 8.93. The van der Waals surface area contributed by atoms with Crippen LogP contribution in [0.2, 0.25) is 0 Å². The SMILES string of the molecule is Br.CN1CCC(C2(CC(=O)O)NOc3ccccc32)CC1. The molecule has 1 atom stereocenters. The third-order valence-electron chi connectivity index (χ3n) is 4.56. The van der Waals surface area contributed by atoms with Crippen molar-refractivity contribution in [2.75, 3.05) is 20.1 Å². The van der Waals surface area contributed by atoms with E-state index in [0.717, 1.165) is 37.2 Å². The zero-order chi connectivity index (χ0) is 14.2. The van der Waals surface area contributed by atoms with Gasteiger partial charge in [0.1, 0.15) is 0 Å². The lowest BCUT2D eigenvalue weighted by Gasteiger charge is -2.40. The molecule has 1 saturated heterocycles. The summed E-state index contributed by atoms with van der Waals surface area (Å²) in [6, 6.07) is 7.73. The van der Waals surface area contributed by atoms with Crippen LogP contribution in [0.4, 0.5) is 0 Å². The second kappa shape index (κ2) is 6.34. The Bertz CT molecular complexity index is 517. The van der Waals surface area contributed by atoms with Crippen LogP contribution < -0.4 is 10.3 Å². The Morgan fingerprint density at radius 3 is 2.76 bits per heavy atom. The number of hydrogen-bond acceptors (Lipinski definition) is 4. The van der Waals surface area contributed by atoms with Crippen molar-refractivity contribution in [1.29, 1.82) is 0 Å². The van der Waals surface area contributed by atoms with Crippen LogP contribution in [0, 0.1) is 5.92 Å². The van der Waals surface area contributed by atoms with Gasteiger partial charge in [-0.25, -0.2) is 0 Å². The zero-order valence-electron chi connectivity index (χ0n) is 12.0. The first-order chi connectivity index (χ1) is 9.62. The molecule has 0 aliphatic carbocycles. The molecule has 2 aliphatic heterocycles. The Labute approximate surface area is 135 Å². The van der Waals surface area contributed by atoms with Crippen LogP contribution >= 0.6 is 17.0 Å². The van der Waals surface area contributed by atoms with Crippen molar-refractivity contribution in [1.82, 2.24) is 10.4 Å². The highest BCUT2D eigenvalue weighted by atomic mass is 79.9. The molecule has 116 valence electrons. The first kappa shape index (κ1) is 16.3. The number of aliphatic carboxylic acids is 1. The molecular weight excluding hydrogens is 336 g/mol. The van der Waals surface area contributed by atoms with Gasteiger partial charge in [0.15, 0.2) is 5.75 Å². The zero-order valence-corrected chi connectivity index (χ0v) is 13.8. The Kier molecular flexibility index (Phi) is 4.91. The van der Waals surface area contributed by atoms with E-state index in [4.69, 9.17) is 4.84 Å². The molecule has 0 bridgehead atoms. The van der Waals surface area contributed by atoms with Crippen LogP contribution in [0.3, 0.4) is 0 Å². The summed E-state index contributed by atoms with van der Waals surface area (Å²) in [7, 11) is 2.10. The molecule has 0 spiro atoms. The van der Waals surface area contributed by atoms with Gasteiger partial charge in [0, 0.05) is 5.56 Å². The average Bonchev–Trinajstić information content (AvgIpc) is 2.79. The molecule has 1 aromatic rings. The molecule has 1 aromatic carbocycles. The van der Waals surface area contributed by atoms with Crippen LogP contribution in [0.1, 0.15) is 24.8 Å². The molecule has 0 amide bonds. The second-order valence-corrected chi connectivity index (χ2v) is 5.82. The number of rotatable bonds is 3. The minimum atomic E-state index is -0.795. The fourth-order valence-corrected chi connectivity index (χ4v) is 3.44. The molecular formula is C15H21BrN2O3. The van der Waals surface area contributed by atoms with Gasteiger partial charge >= 0.3 is 5.97 Å². The quantitative estimate of drug-likeness (QED) is 0.868. The van der Waals surface area contributed by atoms with Gasteiger partial charge in [-0.2, -0.15) is 0 Å². The first-order valence-corrected chi connectivity index (χ1v) is 7.06. The molecule has 6 heteroatoms. The van der Waals surface area contributed by atoms with Crippen molar-refractivity contribution in [3.63, 3.8) is 0 Å². The number of carboxylic acid groups (broad SMARTS) is 1. The van der Waals surface area contributed by atoms with Gasteiger partial charge in [0.2, 0.25) is 0 Å². The third kappa shape index (κ3) is 2.93. The number of carboxylic acids is 1. The van der Waals surface area contributed by atoms with Crippen molar-refractivity contribution in [3.8, 4) is 5.75 Å². The van der Waals surface area contributed by atoms with Crippen molar-refractivity contribution < 1.29 is 14.7 Å². The summed E-state index contributed by atoms with van der Waals surface area (Å²) in [5.74, 6) is 0.239. The van der Waals surface area contributed by atoms with Crippen LogP contribution in [0.15, 0.2) is 24.3 Å². The monoisotopic (exact) mass is 356 g/mol. The molecule has 2 heterocycles. The summed E-state index contributed by atoms with van der Waals surface area (Å²) >= 11 is 0. The summed E-state index contributed by atoms with van der Waals surface area (Å²) in [4.78, 5) is 19.2. The number of likely N-dealkylation sites (tertiary alicyclic amines) is 1. The van der Waals surface area contributed by atoms with Crippen molar-refractivity contribution >= 4 is 23.0 Å². The lowest BCUT2D eigenvalue weighted by molar-refractivity contribution is -0.140. The standard InChI is InChI=1S/C15H20N2O3.BrH/c1-17-8-6-11(7-9-17)15(10-14(18)19)12-4-2-3-5-13(12)20-16-15;/h2-5,11,16H,6-10H2,1H3,(H,18,19);1H. The molecule has 3 rings (SSSR count). The Morgan fingerprint density at radius 2 is 2.10 bits per heavy atom. The van der Waals surface area contributed by atoms with E-state index in [1.54, 1.807) is 0 Å². The van der Waals surface area contributed by atoms with E-state index < -0.39 is 11.5 Å². The molecule has 0 saturated carbocycles. The number of benzene rings is 1. The van der Waals surface area contributed by atoms with Crippen molar-refractivity contribution in [3.05, 3.63) is 29.8 Å². The van der Waals surface area contributed by atoms with E-state index in [-0.39, 0.29) is 29.3 Å². The number of piperidine rings is 1. The molecule has 5 nitrogen and oxygen atoms in total. The number of hydroxylamine groups is 1. The highest BCUT2D eigenvalue weighted by Gasteiger charge is 2.48. The van der Waals surface area contributed by atoms with Crippen LogP contribution in [-0.4, -0.2) is 36.1 Å². The van der Waals surface area contributed by atoms with Crippen LogP contribution in [0.5, 0.6) is 5.75 Å². The average molecular weight is 357 g/mol. The lowest BCUT2D eigenvalue weighted by Crippen LogP contribution is -2.50. The number of para-hydroxylation sites is 1. The topological polar surface area (TPSA) is 61.8 Å². The minimum absolute atomic E-state index is 0. The lowest BCUT2D eigenvalue weighted by atomic mass is 9.72. The van der Waals surface area contributed by atoms with Gasteiger partial charge in [0.05, 0.1) is 12.0 Å². The summed E-state index contributed by atoms with van der Waals surface area (Å²) in [6.45, 7) is 1.99. The maximum Gasteiger partial charge on any atom is 0.305 e. The second-order valence-electron chi connectivity index (χ2n) is 5.82. The van der Waals surface area contributed by atoms with E-state index >= 15 is 0 Å². The predicted molar refractivity (Wildman–Crippen MR) is 84.7 cm³/mol. The minimum Gasteiger partial charge on any atom is -0.481 e. The fourth-order valence-electron chi connectivity index (χ4n) is 3.44. The smallest absolute Gasteiger partial charge is 0.305 e. The highest BCUT2D eigenvalue weighted by Crippen LogP contribution is 2.46. The van der Waals surface area contributed by atoms with E-state index in [2.05, 4.69) is 17.4 Å². The number of halogens is 1. The van der Waals surface area contributed by atoms with E-state index in [1.165, 1.54) is 0 Å². The summed E-state index contributed by atoms with van der Waals surface area (Å²) < 4.78 is 0. The van der Waals surface area contributed by atoms with E-state index in [0.29, 0.717) is 0 Å². The summed E-state index contributed by atoms with van der Waals surface area (Å²) in [6.07, 6.45) is 2.02. The van der Waals surface area contributed by atoms with Crippen LogP contribution in [0.25, 0.3) is 0 Å². The predicted octanol–water partition coefficient (Wildman–Crippen LogP) is 2.17. The van der Waals surface area contributed by atoms with Gasteiger partial charge in [0.25, 0.3) is 0 Å². The Morgan fingerprint density at radius 1 is 1.43 bits per heavy atom. The summed E-state index contributed by atoms with van der Waals surface area (Å²) in [5, 5.41) is 9.34. The molecule has 1 fully saturated rings. The molecule has 2 N–H and O–H groups in total. The molecule has 1 unspecified atom stereocenters. The number of nitrogens with one attached hydrogen (secondary N) is 1. The van der Waals surface area contributed by atoms with Crippen LogP contribution in [-0.2, 0) is 10.3 Å². The van der Waals surface area contributed by atoms with Crippen molar-refractivity contribution in [2.24, 2.45) is 5.92 Å². The number of fused-ring (bicyclic) bond motifs is 1. The Hall–Kier alpha value is -1.11. The summed E-state index contributed by atoms with van der Waals surface area (Å²) in [5.41, 5.74) is 3.44. The van der Waals surface area contributed by atoms with Gasteiger partial charge in [-0.05, 0) is 45.0 Å². The first-order valence-electron chi connectivity index (χ1n) is 7.06.